The summed E-state index contributed by atoms with van der Waals surface area (Å²) in [6.45, 7) is 0. The molecule has 0 aliphatic rings. The molecule has 140 valence electrons. The van der Waals surface area contributed by atoms with Crippen molar-refractivity contribution in [2.24, 2.45) is 0 Å². The Morgan fingerprint density at radius 3 is 2.39 bits per heavy atom. The van der Waals surface area contributed by atoms with Crippen molar-refractivity contribution < 1.29 is 27.2 Å². The van der Waals surface area contributed by atoms with Crippen molar-refractivity contribution in [3.63, 3.8) is 0 Å². The lowest BCUT2D eigenvalue weighted by atomic mass is 10.1. The normalized spacial score (nSPS) is 11.0. The van der Waals surface area contributed by atoms with Gasteiger partial charge in [-0.25, -0.2) is 13.2 Å². The van der Waals surface area contributed by atoms with Crippen LogP contribution in [-0.4, -0.2) is 11.1 Å². The lowest BCUT2D eigenvalue weighted by molar-refractivity contribution is -0.133. The first-order chi connectivity index (χ1) is 13.5. The van der Waals surface area contributed by atoms with Crippen molar-refractivity contribution in [2.45, 2.75) is 6.42 Å². The highest BCUT2D eigenvalue weighted by Gasteiger charge is 2.17. The van der Waals surface area contributed by atoms with Crippen LogP contribution in [-0.2, 0) is 11.2 Å². The predicted molar refractivity (Wildman–Crippen MR) is 95.1 cm³/mol. The summed E-state index contributed by atoms with van der Waals surface area (Å²) in [6.07, 6.45) is 0.106. The third-order valence-corrected chi connectivity index (χ3v) is 4.12. The van der Waals surface area contributed by atoms with Gasteiger partial charge in [0.25, 0.3) is 0 Å². The Morgan fingerprint density at radius 1 is 0.964 bits per heavy atom. The second kappa shape index (κ2) is 7.19. The molecule has 0 aliphatic carbocycles. The number of carbonyl (C=O) groups excluding carboxylic acids is 1. The van der Waals surface area contributed by atoms with Crippen LogP contribution < -0.4 is 4.74 Å². The monoisotopic (exact) mass is 383 g/mol. The van der Waals surface area contributed by atoms with E-state index in [1.165, 1.54) is 12.1 Å². The first-order valence-electron chi connectivity index (χ1n) is 8.30. The lowest BCUT2D eigenvalue weighted by Gasteiger charge is -2.04. The van der Waals surface area contributed by atoms with E-state index in [1.807, 2.05) is 30.3 Å². The number of rotatable bonds is 4. The molecule has 4 aromatic rings. The fraction of sp³-hybridized carbons (Fsp3) is 0.0476. The van der Waals surface area contributed by atoms with Gasteiger partial charge >= 0.3 is 5.97 Å². The van der Waals surface area contributed by atoms with Gasteiger partial charge in [-0.3, -0.25) is 4.79 Å². The van der Waals surface area contributed by atoms with Crippen molar-refractivity contribution in [2.75, 3.05) is 0 Å². The van der Waals surface area contributed by atoms with Gasteiger partial charge in [-0.05, 0) is 29.8 Å². The minimum Gasteiger partial charge on any atom is -0.426 e. The molecule has 0 saturated carbocycles. The highest BCUT2D eigenvalue weighted by atomic mass is 19.2. The average molecular weight is 383 g/mol. The van der Waals surface area contributed by atoms with E-state index in [2.05, 4.69) is 5.16 Å². The number of hydrogen-bond donors (Lipinski definition) is 0. The molecule has 7 heteroatoms. The minimum absolute atomic E-state index is 0.0315. The predicted octanol–water partition coefficient (Wildman–Crippen LogP) is 5.06. The van der Waals surface area contributed by atoms with E-state index in [0.717, 1.165) is 17.7 Å². The van der Waals surface area contributed by atoms with E-state index in [-0.39, 0.29) is 29.0 Å². The van der Waals surface area contributed by atoms with Crippen molar-refractivity contribution in [3.8, 4) is 17.0 Å². The molecule has 0 saturated heterocycles. The fourth-order valence-corrected chi connectivity index (χ4v) is 2.81. The molecular formula is C21H12F3NO3. The zero-order chi connectivity index (χ0) is 19.7. The SMILES string of the molecule is O=C(Cc1ccccc1)Oc1ccc2c(-c3cc(F)c(F)c(F)c3)noc2c1. The average Bonchev–Trinajstić information content (AvgIpc) is 3.09. The fourth-order valence-electron chi connectivity index (χ4n) is 2.81. The molecule has 0 aliphatic heterocycles. The summed E-state index contributed by atoms with van der Waals surface area (Å²) in [6, 6.07) is 15.3. The maximum absolute atomic E-state index is 13.5. The molecule has 0 spiro atoms. The van der Waals surface area contributed by atoms with Gasteiger partial charge in [-0.1, -0.05) is 35.5 Å². The van der Waals surface area contributed by atoms with Crippen molar-refractivity contribution in [1.82, 2.24) is 5.16 Å². The maximum atomic E-state index is 13.5. The van der Waals surface area contributed by atoms with E-state index in [9.17, 15) is 18.0 Å². The summed E-state index contributed by atoms with van der Waals surface area (Å²) in [5, 5.41) is 4.23. The second-order valence-electron chi connectivity index (χ2n) is 6.08. The zero-order valence-electron chi connectivity index (χ0n) is 14.3. The van der Waals surface area contributed by atoms with Gasteiger partial charge in [0.05, 0.1) is 6.42 Å². The smallest absolute Gasteiger partial charge is 0.315 e. The number of aromatic nitrogens is 1. The molecule has 3 aromatic carbocycles. The van der Waals surface area contributed by atoms with Crippen LogP contribution in [0, 0.1) is 17.5 Å². The molecule has 0 bridgehead atoms. The van der Waals surface area contributed by atoms with E-state index in [4.69, 9.17) is 9.26 Å². The highest BCUT2D eigenvalue weighted by molar-refractivity contribution is 5.92. The van der Waals surface area contributed by atoms with Crippen LogP contribution in [0.4, 0.5) is 13.2 Å². The van der Waals surface area contributed by atoms with Crippen LogP contribution in [0.5, 0.6) is 5.75 Å². The Morgan fingerprint density at radius 2 is 1.68 bits per heavy atom. The summed E-state index contributed by atoms with van der Waals surface area (Å²) in [4.78, 5) is 12.1. The Kier molecular flexibility index (Phi) is 4.57. The molecular weight excluding hydrogens is 371 g/mol. The lowest BCUT2D eigenvalue weighted by Crippen LogP contribution is -2.11. The Bertz CT molecular complexity index is 1150. The van der Waals surface area contributed by atoms with Crippen LogP contribution in [0.25, 0.3) is 22.2 Å². The molecule has 4 nitrogen and oxygen atoms in total. The number of hydrogen-bond acceptors (Lipinski definition) is 4. The first-order valence-corrected chi connectivity index (χ1v) is 8.30. The number of halogens is 3. The Balaban J connectivity index is 1.59. The molecule has 4 rings (SSSR count). The zero-order valence-corrected chi connectivity index (χ0v) is 14.3. The summed E-state index contributed by atoms with van der Waals surface area (Å²) >= 11 is 0. The topological polar surface area (TPSA) is 52.3 Å². The third kappa shape index (κ3) is 3.46. The van der Waals surface area contributed by atoms with E-state index < -0.39 is 23.4 Å². The summed E-state index contributed by atoms with van der Waals surface area (Å²) in [5.74, 6) is -4.40. The molecule has 1 heterocycles. The second-order valence-corrected chi connectivity index (χ2v) is 6.08. The third-order valence-electron chi connectivity index (χ3n) is 4.12. The summed E-state index contributed by atoms with van der Waals surface area (Å²) < 4.78 is 50.6. The minimum atomic E-state index is -1.55. The van der Waals surface area contributed by atoms with Gasteiger partial charge in [-0.15, -0.1) is 0 Å². The molecule has 0 fully saturated rings. The molecule has 0 amide bonds. The van der Waals surface area contributed by atoms with Gasteiger partial charge in [0.15, 0.2) is 23.0 Å². The van der Waals surface area contributed by atoms with Gasteiger partial charge in [-0.2, -0.15) is 0 Å². The van der Waals surface area contributed by atoms with Crippen LogP contribution >= 0.6 is 0 Å². The number of esters is 1. The van der Waals surface area contributed by atoms with Crippen LogP contribution in [0.2, 0.25) is 0 Å². The van der Waals surface area contributed by atoms with Gasteiger partial charge in [0, 0.05) is 17.0 Å². The van der Waals surface area contributed by atoms with Crippen molar-refractivity contribution in [1.29, 1.82) is 0 Å². The number of benzene rings is 3. The van der Waals surface area contributed by atoms with Crippen molar-refractivity contribution in [3.05, 3.63) is 83.7 Å². The van der Waals surface area contributed by atoms with Gasteiger partial charge < -0.3 is 9.26 Å². The molecule has 28 heavy (non-hydrogen) atoms. The van der Waals surface area contributed by atoms with E-state index >= 15 is 0 Å². The number of carbonyl (C=O) groups is 1. The molecule has 0 radical (unpaired) electrons. The van der Waals surface area contributed by atoms with Crippen LogP contribution in [0.15, 0.2) is 65.2 Å². The largest absolute Gasteiger partial charge is 0.426 e. The van der Waals surface area contributed by atoms with E-state index in [1.54, 1.807) is 6.07 Å². The number of nitrogens with zero attached hydrogens (tertiary/aromatic N) is 1. The Labute approximate surface area is 157 Å². The van der Waals surface area contributed by atoms with Crippen LogP contribution in [0.1, 0.15) is 5.56 Å². The molecule has 1 aromatic heterocycles. The van der Waals surface area contributed by atoms with Gasteiger partial charge in [0.1, 0.15) is 11.4 Å². The van der Waals surface area contributed by atoms with Crippen LogP contribution in [0.3, 0.4) is 0 Å². The quantitative estimate of drug-likeness (QED) is 0.281. The number of fused-ring (bicyclic) bond motifs is 1. The number of ether oxygens (including phenoxy) is 1. The first kappa shape index (κ1) is 17.8. The summed E-state index contributed by atoms with van der Waals surface area (Å²) in [7, 11) is 0. The molecule has 0 N–H and O–H groups in total. The summed E-state index contributed by atoms with van der Waals surface area (Å²) in [5.41, 5.74) is 1.25. The molecule has 0 atom stereocenters. The van der Waals surface area contributed by atoms with E-state index in [0.29, 0.717) is 5.39 Å². The highest BCUT2D eigenvalue weighted by Crippen LogP contribution is 2.32. The standard InChI is InChI=1S/C21H12F3NO3/c22-16-9-13(10-17(23)20(16)24)21-15-7-6-14(11-18(15)28-25-21)27-19(26)8-12-4-2-1-3-5-12/h1-7,9-11H,8H2. The Hall–Kier alpha value is -3.61. The molecule has 0 unspecified atom stereocenters. The van der Waals surface area contributed by atoms with Crippen molar-refractivity contribution >= 4 is 16.9 Å². The van der Waals surface area contributed by atoms with Gasteiger partial charge in [0.2, 0.25) is 0 Å². The maximum Gasteiger partial charge on any atom is 0.315 e.